The topological polar surface area (TPSA) is 72.9 Å². The predicted molar refractivity (Wildman–Crippen MR) is 105 cm³/mol. The van der Waals surface area contributed by atoms with Crippen molar-refractivity contribution in [3.63, 3.8) is 0 Å². The largest absolute Gasteiger partial charge is 0.489 e. The minimum absolute atomic E-state index is 0.296. The van der Waals surface area contributed by atoms with E-state index in [4.69, 9.17) is 9.47 Å². The van der Waals surface area contributed by atoms with E-state index < -0.39 is 24.3 Å². The van der Waals surface area contributed by atoms with Gasteiger partial charge in [-0.2, -0.15) is 0 Å². The summed E-state index contributed by atoms with van der Waals surface area (Å²) in [5, 5.41) is 0. The number of carbonyl (C=O) groups is 3. The van der Waals surface area contributed by atoms with Crippen molar-refractivity contribution < 1.29 is 23.9 Å². The molecular weight excluding hydrogens is 370 g/mol. The molecule has 0 bridgehead atoms. The summed E-state index contributed by atoms with van der Waals surface area (Å²) in [6.07, 6.45) is 0. The van der Waals surface area contributed by atoms with Crippen LogP contribution in [-0.2, 0) is 11.4 Å². The summed E-state index contributed by atoms with van der Waals surface area (Å²) >= 11 is 0. The third-order valence-electron chi connectivity index (χ3n) is 4.47. The first-order chi connectivity index (χ1) is 14.1. The average Bonchev–Trinajstić information content (AvgIpc) is 2.99. The molecule has 0 spiro atoms. The maximum atomic E-state index is 12.3. The number of carbonyl (C=O) groups excluding carboxylic acids is 3. The smallest absolute Gasteiger partial charge is 0.331 e. The van der Waals surface area contributed by atoms with Crippen LogP contribution in [0.25, 0.3) is 0 Å². The molecule has 0 aromatic heterocycles. The number of imide groups is 1. The van der Waals surface area contributed by atoms with E-state index in [1.807, 2.05) is 30.3 Å². The van der Waals surface area contributed by atoms with E-state index in [-0.39, 0.29) is 0 Å². The van der Waals surface area contributed by atoms with E-state index in [1.165, 1.54) is 0 Å². The minimum Gasteiger partial charge on any atom is -0.489 e. The number of hydrogen-bond donors (Lipinski definition) is 0. The molecule has 4 rings (SSSR count). The summed E-state index contributed by atoms with van der Waals surface area (Å²) in [6.45, 7) is -0.0156. The van der Waals surface area contributed by atoms with Gasteiger partial charge in [0.15, 0.2) is 0 Å². The number of hydrogen-bond acceptors (Lipinski definition) is 5. The summed E-state index contributed by atoms with van der Waals surface area (Å²) in [4.78, 5) is 37.7. The zero-order valence-corrected chi connectivity index (χ0v) is 15.4. The maximum Gasteiger partial charge on any atom is 0.331 e. The molecule has 6 nitrogen and oxygen atoms in total. The molecule has 1 aliphatic rings. The van der Waals surface area contributed by atoms with Gasteiger partial charge in [-0.05, 0) is 42.0 Å². The van der Waals surface area contributed by atoms with Crippen LogP contribution < -0.4 is 9.47 Å². The Morgan fingerprint density at radius 2 is 1.28 bits per heavy atom. The lowest BCUT2D eigenvalue weighted by molar-refractivity contribution is -0.134. The van der Waals surface area contributed by atoms with Crippen LogP contribution in [0.2, 0.25) is 0 Å². The quantitative estimate of drug-likeness (QED) is 0.368. The maximum absolute atomic E-state index is 12.3. The number of esters is 1. The third kappa shape index (κ3) is 4.01. The monoisotopic (exact) mass is 387 g/mol. The van der Waals surface area contributed by atoms with Crippen LogP contribution in [0.4, 0.5) is 0 Å². The zero-order chi connectivity index (χ0) is 20.2. The van der Waals surface area contributed by atoms with Gasteiger partial charge in [-0.1, -0.05) is 42.5 Å². The first-order valence-electron chi connectivity index (χ1n) is 9.04. The lowest BCUT2D eigenvalue weighted by Gasteiger charge is -2.13. The van der Waals surface area contributed by atoms with Crippen molar-refractivity contribution in [2.75, 3.05) is 6.54 Å². The van der Waals surface area contributed by atoms with Gasteiger partial charge >= 0.3 is 5.97 Å². The first-order valence-corrected chi connectivity index (χ1v) is 9.04. The molecule has 0 atom stereocenters. The molecule has 0 unspecified atom stereocenters. The van der Waals surface area contributed by atoms with E-state index in [0.29, 0.717) is 29.2 Å². The molecular formula is C23H17NO5. The van der Waals surface area contributed by atoms with Crippen molar-refractivity contribution in [2.45, 2.75) is 6.61 Å². The molecule has 144 valence electrons. The molecule has 2 amide bonds. The molecule has 1 aliphatic heterocycles. The SMILES string of the molecule is O=C(CN1C(=O)c2ccccc2C1=O)Oc1ccc(OCc2ccccc2)cc1. The molecule has 1 heterocycles. The molecule has 6 heteroatoms. The molecule has 0 radical (unpaired) electrons. The Bertz CT molecular complexity index is 1030. The van der Waals surface area contributed by atoms with E-state index in [1.54, 1.807) is 48.5 Å². The van der Waals surface area contributed by atoms with Crippen LogP contribution in [0.5, 0.6) is 11.5 Å². The van der Waals surface area contributed by atoms with Crippen molar-refractivity contribution in [1.82, 2.24) is 4.90 Å². The molecule has 0 saturated heterocycles. The lowest BCUT2D eigenvalue weighted by atomic mass is 10.1. The second-order valence-electron chi connectivity index (χ2n) is 6.46. The van der Waals surface area contributed by atoms with Crippen molar-refractivity contribution in [2.24, 2.45) is 0 Å². The van der Waals surface area contributed by atoms with Crippen molar-refractivity contribution in [1.29, 1.82) is 0 Å². The summed E-state index contributed by atoms with van der Waals surface area (Å²) < 4.78 is 10.9. The number of nitrogens with zero attached hydrogens (tertiary/aromatic N) is 1. The average molecular weight is 387 g/mol. The van der Waals surface area contributed by atoms with Gasteiger partial charge in [0.1, 0.15) is 24.7 Å². The Balaban J connectivity index is 1.33. The Hall–Kier alpha value is -3.93. The summed E-state index contributed by atoms with van der Waals surface area (Å²) in [5.74, 6) is -0.746. The van der Waals surface area contributed by atoms with Crippen LogP contribution in [0.3, 0.4) is 0 Å². The summed E-state index contributed by atoms with van der Waals surface area (Å²) in [7, 11) is 0. The van der Waals surface area contributed by atoms with Gasteiger partial charge in [-0.3, -0.25) is 14.5 Å². The fourth-order valence-corrected chi connectivity index (χ4v) is 3.02. The van der Waals surface area contributed by atoms with Gasteiger partial charge in [0, 0.05) is 0 Å². The van der Waals surface area contributed by atoms with Crippen LogP contribution in [0.1, 0.15) is 26.3 Å². The number of rotatable bonds is 6. The molecule has 29 heavy (non-hydrogen) atoms. The second kappa shape index (κ2) is 7.98. The number of benzene rings is 3. The van der Waals surface area contributed by atoms with Crippen LogP contribution in [0.15, 0.2) is 78.9 Å². The van der Waals surface area contributed by atoms with Gasteiger partial charge in [0.2, 0.25) is 0 Å². The van der Waals surface area contributed by atoms with Gasteiger partial charge < -0.3 is 9.47 Å². The highest BCUT2D eigenvalue weighted by molar-refractivity contribution is 6.22. The van der Waals surface area contributed by atoms with Gasteiger partial charge in [-0.15, -0.1) is 0 Å². The molecule has 3 aromatic carbocycles. The fourth-order valence-electron chi connectivity index (χ4n) is 3.02. The third-order valence-corrected chi connectivity index (χ3v) is 4.47. The highest BCUT2D eigenvalue weighted by Gasteiger charge is 2.36. The van der Waals surface area contributed by atoms with E-state index in [9.17, 15) is 14.4 Å². The van der Waals surface area contributed by atoms with Gasteiger partial charge in [-0.25, -0.2) is 4.79 Å². The van der Waals surface area contributed by atoms with E-state index >= 15 is 0 Å². The standard InChI is InChI=1S/C23H17NO5/c25-21(14-24-22(26)19-8-4-5-9-20(19)23(24)27)29-18-12-10-17(11-13-18)28-15-16-6-2-1-3-7-16/h1-13H,14-15H2. The number of ether oxygens (including phenoxy) is 2. The Kier molecular flexibility index (Phi) is 5.07. The number of fused-ring (bicyclic) bond motifs is 1. The summed E-state index contributed by atoms with van der Waals surface area (Å²) in [5.41, 5.74) is 1.64. The van der Waals surface area contributed by atoms with E-state index in [0.717, 1.165) is 10.5 Å². The lowest BCUT2D eigenvalue weighted by Crippen LogP contribution is -2.36. The van der Waals surface area contributed by atoms with Crippen molar-refractivity contribution in [3.8, 4) is 11.5 Å². The van der Waals surface area contributed by atoms with Crippen LogP contribution in [0, 0.1) is 0 Å². The minimum atomic E-state index is -0.697. The molecule has 0 aliphatic carbocycles. The zero-order valence-electron chi connectivity index (χ0n) is 15.4. The Labute approximate surface area is 167 Å². The Morgan fingerprint density at radius 3 is 1.90 bits per heavy atom. The molecule has 0 fully saturated rings. The highest BCUT2D eigenvalue weighted by atomic mass is 16.5. The first kappa shape index (κ1) is 18.4. The highest BCUT2D eigenvalue weighted by Crippen LogP contribution is 2.23. The Morgan fingerprint density at radius 1 is 0.724 bits per heavy atom. The van der Waals surface area contributed by atoms with Crippen molar-refractivity contribution in [3.05, 3.63) is 95.6 Å². The fraction of sp³-hybridized carbons (Fsp3) is 0.0870. The second-order valence-corrected chi connectivity index (χ2v) is 6.46. The molecule has 3 aromatic rings. The van der Waals surface area contributed by atoms with Gasteiger partial charge in [0.25, 0.3) is 11.8 Å². The normalized spacial score (nSPS) is 12.6. The summed E-state index contributed by atoms with van der Waals surface area (Å²) in [6, 6.07) is 22.8. The van der Waals surface area contributed by atoms with E-state index in [2.05, 4.69) is 0 Å². The van der Waals surface area contributed by atoms with Gasteiger partial charge in [0.05, 0.1) is 11.1 Å². The van der Waals surface area contributed by atoms with Crippen LogP contribution in [-0.4, -0.2) is 29.2 Å². The van der Waals surface area contributed by atoms with Crippen LogP contribution >= 0.6 is 0 Å². The van der Waals surface area contributed by atoms with Crippen molar-refractivity contribution >= 4 is 17.8 Å². The molecule has 0 saturated carbocycles. The predicted octanol–water partition coefficient (Wildman–Crippen LogP) is 3.47. The molecule has 0 N–H and O–H groups in total. The number of amides is 2.